The first kappa shape index (κ1) is 8.23. The number of rotatable bonds is 1. The lowest BCUT2D eigenvalue weighted by Crippen LogP contribution is -2.23. The van der Waals surface area contributed by atoms with Gasteiger partial charge in [-0.1, -0.05) is 12.1 Å². The fourth-order valence-corrected chi connectivity index (χ4v) is 1.63. The SMILES string of the molecule is CCN1Cc2cccc(F)c2C1=O. The van der Waals surface area contributed by atoms with Gasteiger partial charge in [-0.3, -0.25) is 4.79 Å². The van der Waals surface area contributed by atoms with Crippen molar-refractivity contribution in [3.8, 4) is 0 Å². The second-order valence-corrected chi connectivity index (χ2v) is 3.09. The molecule has 0 atom stereocenters. The highest BCUT2D eigenvalue weighted by Gasteiger charge is 2.28. The molecule has 0 N–H and O–H groups in total. The van der Waals surface area contributed by atoms with Gasteiger partial charge in [0.05, 0.1) is 5.56 Å². The lowest BCUT2D eigenvalue weighted by atomic mass is 10.1. The van der Waals surface area contributed by atoms with Gasteiger partial charge in [0.25, 0.3) is 5.91 Å². The number of benzene rings is 1. The minimum Gasteiger partial charge on any atom is -0.334 e. The number of carbonyl (C=O) groups is 1. The Bertz CT molecular complexity index is 362. The third-order valence-electron chi connectivity index (χ3n) is 2.34. The molecule has 0 radical (unpaired) electrons. The second-order valence-electron chi connectivity index (χ2n) is 3.09. The van der Waals surface area contributed by atoms with E-state index in [1.165, 1.54) is 6.07 Å². The van der Waals surface area contributed by atoms with Gasteiger partial charge in [0.15, 0.2) is 0 Å². The first-order valence-electron chi connectivity index (χ1n) is 4.30. The Kier molecular flexibility index (Phi) is 1.79. The van der Waals surface area contributed by atoms with Crippen LogP contribution >= 0.6 is 0 Å². The van der Waals surface area contributed by atoms with Gasteiger partial charge in [-0.2, -0.15) is 0 Å². The summed E-state index contributed by atoms with van der Waals surface area (Å²) in [6.45, 7) is 3.07. The molecule has 68 valence electrons. The maximum Gasteiger partial charge on any atom is 0.257 e. The average molecular weight is 179 g/mol. The molecule has 0 aromatic heterocycles. The standard InChI is InChI=1S/C10H10FNO/c1-2-12-6-7-4-3-5-8(11)9(7)10(12)13/h3-5H,2,6H2,1H3. The normalized spacial score (nSPS) is 14.9. The van der Waals surface area contributed by atoms with Crippen LogP contribution in [0.25, 0.3) is 0 Å². The molecule has 2 nitrogen and oxygen atoms in total. The summed E-state index contributed by atoms with van der Waals surface area (Å²) in [7, 11) is 0. The summed E-state index contributed by atoms with van der Waals surface area (Å²) < 4.78 is 13.2. The zero-order valence-electron chi connectivity index (χ0n) is 7.38. The fourth-order valence-electron chi connectivity index (χ4n) is 1.63. The van der Waals surface area contributed by atoms with Gasteiger partial charge in [-0.05, 0) is 18.6 Å². The predicted octanol–water partition coefficient (Wildman–Crippen LogP) is 1.80. The van der Waals surface area contributed by atoms with Crippen LogP contribution in [0.5, 0.6) is 0 Å². The molecule has 1 aliphatic heterocycles. The number of halogens is 1. The van der Waals surface area contributed by atoms with Crippen LogP contribution in [0, 0.1) is 5.82 Å². The Balaban J connectivity index is 2.50. The Morgan fingerprint density at radius 1 is 1.54 bits per heavy atom. The molecule has 13 heavy (non-hydrogen) atoms. The van der Waals surface area contributed by atoms with Crippen LogP contribution < -0.4 is 0 Å². The van der Waals surface area contributed by atoms with Crippen molar-refractivity contribution in [3.63, 3.8) is 0 Å². The number of hydrogen-bond acceptors (Lipinski definition) is 1. The molecule has 0 aliphatic carbocycles. The highest BCUT2D eigenvalue weighted by molar-refractivity contribution is 5.98. The second kappa shape index (κ2) is 2.83. The number of hydrogen-bond donors (Lipinski definition) is 0. The van der Waals surface area contributed by atoms with Crippen molar-refractivity contribution < 1.29 is 9.18 Å². The smallest absolute Gasteiger partial charge is 0.257 e. The average Bonchev–Trinajstić information content (AvgIpc) is 2.44. The Morgan fingerprint density at radius 2 is 2.31 bits per heavy atom. The van der Waals surface area contributed by atoms with Crippen molar-refractivity contribution >= 4 is 5.91 Å². The molecule has 3 heteroatoms. The maximum atomic E-state index is 13.2. The van der Waals surface area contributed by atoms with E-state index in [1.54, 1.807) is 17.0 Å². The van der Waals surface area contributed by atoms with E-state index in [0.29, 0.717) is 13.1 Å². The molecule has 1 aliphatic rings. The molecular weight excluding hydrogens is 169 g/mol. The minimum atomic E-state index is -0.404. The predicted molar refractivity (Wildman–Crippen MR) is 46.8 cm³/mol. The third kappa shape index (κ3) is 1.11. The fraction of sp³-hybridized carbons (Fsp3) is 0.300. The lowest BCUT2D eigenvalue weighted by molar-refractivity contribution is 0.0784. The summed E-state index contributed by atoms with van der Waals surface area (Å²) in [4.78, 5) is 13.2. The van der Waals surface area contributed by atoms with E-state index in [9.17, 15) is 9.18 Å². The molecule has 1 amide bonds. The van der Waals surface area contributed by atoms with Crippen molar-refractivity contribution in [1.29, 1.82) is 0 Å². The van der Waals surface area contributed by atoms with E-state index >= 15 is 0 Å². The molecule has 0 bridgehead atoms. The van der Waals surface area contributed by atoms with Crippen molar-refractivity contribution in [1.82, 2.24) is 4.90 Å². The Labute approximate surface area is 76.0 Å². The van der Waals surface area contributed by atoms with Crippen LogP contribution in [0.4, 0.5) is 4.39 Å². The van der Waals surface area contributed by atoms with Crippen LogP contribution in [0.15, 0.2) is 18.2 Å². The van der Waals surface area contributed by atoms with Gasteiger partial charge in [0.1, 0.15) is 5.82 Å². The quantitative estimate of drug-likeness (QED) is 0.643. The third-order valence-corrected chi connectivity index (χ3v) is 2.34. The van der Waals surface area contributed by atoms with Gasteiger partial charge < -0.3 is 4.90 Å². The van der Waals surface area contributed by atoms with Crippen LogP contribution in [0.2, 0.25) is 0 Å². The first-order valence-corrected chi connectivity index (χ1v) is 4.30. The van der Waals surface area contributed by atoms with E-state index in [0.717, 1.165) is 5.56 Å². The molecule has 1 aromatic rings. The minimum absolute atomic E-state index is 0.185. The molecule has 0 saturated heterocycles. The molecule has 1 aromatic carbocycles. The molecule has 0 unspecified atom stereocenters. The molecule has 0 saturated carbocycles. The van der Waals surface area contributed by atoms with Gasteiger partial charge in [-0.25, -0.2) is 4.39 Å². The van der Waals surface area contributed by atoms with Gasteiger partial charge in [-0.15, -0.1) is 0 Å². The van der Waals surface area contributed by atoms with E-state index in [-0.39, 0.29) is 11.5 Å². The number of nitrogens with zero attached hydrogens (tertiary/aromatic N) is 1. The van der Waals surface area contributed by atoms with E-state index in [4.69, 9.17) is 0 Å². The lowest BCUT2D eigenvalue weighted by Gasteiger charge is -2.10. The zero-order chi connectivity index (χ0) is 9.42. The Hall–Kier alpha value is -1.38. The van der Waals surface area contributed by atoms with E-state index in [1.807, 2.05) is 6.92 Å². The summed E-state index contributed by atoms with van der Waals surface area (Å²) in [6, 6.07) is 4.77. The summed E-state index contributed by atoms with van der Waals surface area (Å²) >= 11 is 0. The highest BCUT2D eigenvalue weighted by atomic mass is 19.1. The zero-order valence-corrected chi connectivity index (χ0v) is 7.38. The molecule has 0 fully saturated rings. The number of fused-ring (bicyclic) bond motifs is 1. The molecular formula is C10H10FNO. The van der Waals surface area contributed by atoms with Crippen LogP contribution in [-0.2, 0) is 6.54 Å². The summed E-state index contributed by atoms with van der Waals surface area (Å²) in [5, 5.41) is 0. The van der Waals surface area contributed by atoms with Crippen molar-refractivity contribution in [2.75, 3.05) is 6.54 Å². The van der Waals surface area contributed by atoms with Crippen molar-refractivity contribution in [3.05, 3.63) is 35.1 Å². The van der Waals surface area contributed by atoms with E-state index in [2.05, 4.69) is 0 Å². The Morgan fingerprint density at radius 3 is 2.92 bits per heavy atom. The van der Waals surface area contributed by atoms with E-state index < -0.39 is 5.82 Å². The van der Waals surface area contributed by atoms with Crippen molar-refractivity contribution in [2.45, 2.75) is 13.5 Å². The van der Waals surface area contributed by atoms with Gasteiger partial charge >= 0.3 is 0 Å². The maximum absolute atomic E-state index is 13.2. The van der Waals surface area contributed by atoms with Crippen LogP contribution in [0.1, 0.15) is 22.8 Å². The summed E-state index contributed by atoms with van der Waals surface area (Å²) in [6.07, 6.45) is 0. The topological polar surface area (TPSA) is 20.3 Å². The van der Waals surface area contributed by atoms with Gasteiger partial charge in [0, 0.05) is 13.1 Å². The largest absolute Gasteiger partial charge is 0.334 e. The number of amides is 1. The van der Waals surface area contributed by atoms with Crippen molar-refractivity contribution in [2.24, 2.45) is 0 Å². The summed E-state index contributed by atoms with van der Waals surface area (Å²) in [5.41, 5.74) is 1.05. The first-order chi connectivity index (χ1) is 6.24. The molecule has 2 rings (SSSR count). The van der Waals surface area contributed by atoms with Crippen LogP contribution in [0.3, 0.4) is 0 Å². The molecule has 0 spiro atoms. The molecule has 1 heterocycles. The van der Waals surface area contributed by atoms with Gasteiger partial charge in [0.2, 0.25) is 0 Å². The number of carbonyl (C=O) groups excluding carboxylic acids is 1. The highest BCUT2D eigenvalue weighted by Crippen LogP contribution is 2.24. The monoisotopic (exact) mass is 179 g/mol. The van der Waals surface area contributed by atoms with Crippen LogP contribution in [-0.4, -0.2) is 17.4 Å². The summed E-state index contributed by atoms with van der Waals surface area (Å²) in [5.74, 6) is -0.589.